The number of benzene rings is 2. The number of aromatic nitrogens is 2. The van der Waals surface area contributed by atoms with Crippen LogP contribution in [0.4, 0.5) is 5.69 Å². The highest BCUT2D eigenvalue weighted by molar-refractivity contribution is 7.92. The number of sulfonamides is 1. The number of rotatable bonds is 8. The maximum absolute atomic E-state index is 12.4. The van der Waals surface area contributed by atoms with E-state index in [9.17, 15) is 13.2 Å². The van der Waals surface area contributed by atoms with Gasteiger partial charge in [-0.2, -0.15) is 4.98 Å². The maximum Gasteiger partial charge on any atom is 0.251 e. The van der Waals surface area contributed by atoms with Gasteiger partial charge in [0.2, 0.25) is 21.7 Å². The zero-order valence-corrected chi connectivity index (χ0v) is 17.6. The molecule has 158 valence electrons. The van der Waals surface area contributed by atoms with E-state index in [1.807, 2.05) is 12.1 Å². The Balaban J connectivity index is 1.61. The van der Waals surface area contributed by atoms with E-state index in [0.29, 0.717) is 17.1 Å². The smallest absolute Gasteiger partial charge is 0.251 e. The Morgan fingerprint density at radius 2 is 1.80 bits per heavy atom. The first-order chi connectivity index (χ1) is 14.3. The van der Waals surface area contributed by atoms with Crippen LogP contribution in [0.15, 0.2) is 53.1 Å². The third-order valence-corrected chi connectivity index (χ3v) is 6.27. The summed E-state index contributed by atoms with van der Waals surface area (Å²) in [5, 5.41) is 6.62. The van der Waals surface area contributed by atoms with Gasteiger partial charge in [0.1, 0.15) is 5.75 Å². The average Bonchev–Trinajstić information content (AvgIpc) is 3.26. The number of hydrogen-bond donors (Lipinski definition) is 1. The predicted molar refractivity (Wildman–Crippen MR) is 112 cm³/mol. The van der Waals surface area contributed by atoms with E-state index in [1.165, 1.54) is 11.4 Å². The van der Waals surface area contributed by atoms with Crippen LogP contribution < -0.4 is 14.4 Å². The Hall–Kier alpha value is -3.40. The molecule has 2 aromatic carbocycles. The van der Waals surface area contributed by atoms with Crippen molar-refractivity contribution in [3.8, 4) is 17.1 Å². The summed E-state index contributed by atoms with van der Waals surface area (Å²) in [6.45, 7) is 1.64. The number of hydrogen-bond acceptors (Lipinski definition) is 7. The minimum absolute atomic E-state index is 0.00552. The van der Waals surface area contributed by atoms with Gasteiger partial charge in [-0.1, -0.05) is 5.16 Å². The van der Waals surface area contributed by atoms with Gasteiger partial charge in [-0.05, 0) is 55.5 Å². The van der Waals surface area contributed by atoms with Crippen LogP contribution in [0.1, 0.15) is 23.2 Å². The molecule has 0 aliphatic heterocycles. The van der Waals surface area contributed by atoms with Crippen molar-refractivity contribution >= 4 is 21.6 Å². The minimum atomic E-state index is -3.36. The number of anilines is 1. The topological polar surface area (TPSA) is 115 Å². The molecule has 30 heavy (non-hydrogen) atoms. The Morgan fingerprint density at radius 3 is 2.40 bits per heavy atom. The zero-order chi connectivity index (χ0) is 21.7. The van der Waals surface area contributed by atoms with Gasteiger partial charge in [0.15, 0.2) is 0 Å². The first-order valence-corrected chi connectivity index (χ1v) is 10.8. The molecule has 0 bridgehead atoms. The Bertz CT molecular complexity index is 1110. The molecule has 0 aliphatic rings. The van der Waals surface area contributed by atoms with Crippen molar-refractivity contribution in [3.63, 3.8) is 0 Å². The van der Waals surface area contributed by atoms with Crippen LogP contribution >= 0.6 is 0 Å². The summed E-state index contributed by atoms with van der Waals surface area (Å²) in [4.78, 5) is 16.6. The number of amides is 1. The van der Waals surface area contributed by atoms with Gasteiger partial charge >= 0.3 is 0 Å². The van der Waals surface area contributed by atoms with Gasteiger partial charge in [-0.25, -0.2) is 8.42 Å². The van der Waals surface area contributed by atoms with Crippen LogP contribution in [0.3, 0.4) is 0 Å². The summed E-state index contributed by atoms with van der Waals surface area (Å²) in [5.74, 6) is 1.05. The van der Waals surface area contributed by atoms with Crippen molar-refractivity contribution in [1.29, 1.82) is 0 Å². The van der Waals surface area contributed by atoms with Crippen molar-refractivity contribution in [2.45, 2.75) is 13.5 Å². The first-order valence-electron chi connectivity index (χ1n) is 9.16. The molecule has 10 heteroatoms. The zero-order valence-electron chi connectivity index (χ0n) is 16.8. The second kappa shape index (κ2) is 8.95. The average molecular weight is 430 g/mol. The lowest BCUT2D eigenvalue weighted by Gasteiger charge is -2.18. The molecule has 1 N–H and O–H groups in total. The minimum Gasteiger partial charge on any atom is -0.497 e. The van der Waals surface area contributed by atoms with Crippen LogP contribution in [0.2, 0.25) is 0 Å². The van der Waals surface area contributed by atoms with Crippen LogP contribution in [0.25, 0.3) is 11.4 Å². The van der Waals surface area contributed by atoms with Gasteiger partial charge in [0, 0.05) is 18.2 Å². The molecule has 1 aromatic heterocycles. The molecule has 3 aromatic rings. The van der Waals surface area contributed by atoms with E-state index in [-0.39, 0.29) is 24.1 Å². The quantitative estimate of drug-likeness (QED) is 0.584. The summed E-state index contributed by atoms with van der Waals surface area (Å²) >= 11 is 0. The Morgan fingerprint density at radius 1 is 1.13 bits per heavy atom. The van der Waals surface area contributed by atoms with Gasteiger partial charge in [0.05, 0.1) is 25.1 Å². The molecule has 1 amide bonds. The second-order valence-electron chi connectivity index (χ2n) is 6.34. The standard InChI is InChI=1S/C20H22N4O5S/c1-4-30(26,27)24(2)16-9-5-15(6-10-16)20(25)21-13-18-22-19(23-29-18)14-7-11-17(28-3)12-8-14/h5-12H,4,13H2,1-3H3,(H,21,25). The Kier molecular flexibility index (Phi) is 6.36. The van der Waals surface area contributed by atoms with E-state index in [0.717, 1.165) is 11.3 Å². The number of carbonyl (C=O) groups is 1. The lowest BCUT2D eigenvalue weighted by molar-refractivity contribution is 0.0946. The third kappa shape index (κ3) is 4.77. The summed E-state index contributed by atoms with van der Waals surface area (Å²) in [6, 6.07) is 13.5. The monoisotopic (exact) mass is 430 g/mol. The van der Waals surface area contributed by atoms with Crippen LogP contribution in [-0.2, 0) is 16.6 Å². The number of ether oxygens (including phenoxy) is 1. The van der Waals surface area contributed by atoms with E-state index in [4.69, 9.17) is 9.26 Å². The lowest BCUT2D eigenvalue weighted by atomic mass is 10.2. The summed E-state index contributed by atoms with van der Waals surface area (Å²) < 4.78 is 35.3. The molecule has 0 spiro atoms. The number of methoxy groups -OCH3 is 1. The number of carbonyl (C=O) groups excluding carboxylic acids is 1. The number of nitrogens with one attached hydrogen (secondary N) is 1. The highest BCUT2D eigenvalue weighted by Crippen LogP contribution is 2.20. The van der Waals surface area contributed by atoms with Crippen LogP contribution in [-0.4, -0.2) is 44.4 Å². The molecule has 9 nitrogen and oxygen atoms in total. The molecule has 0 fully saturated rings. The van der Waals surface area contributed by atoms with E-state index >= 15 is 0 Å². The first kappa shape index (κ1) is 21.3. The summed E-state index contributed by atoms with van der Waals surface area (Å²) in [6.07, 6.45) is 0. The fourth-order valence-electron chi connectivity index (χ4n) is 2.62. The molecule has 1 heterocycles. The molecular formula is C20H22N4O5S. The molecule has 0 saturated heterocycles. The van der Waals surface area contributed by atoms with E-state index < -0.39 is 10.0 Å². The molecule has 0 aliphatic carbocycles. The van der Waals surface area contributed by atoms with Crippen LogP contribution in [0.5, 0.6) is 5.75 Å². The van der Waals surface area contributed by atoms with Crippen molar-refractivity contribution in [1.82, 2.24) is 15.5 Å². The number of nitrogens with zero attached hydrogens (tertiary/aromatic N) is 3. The fraction of sp³-hybridized carbons (Fsp3) is 0.250. The molecular weight excluding hydrogens is 408 g/mol. The summed E-state index contributed by atoms with van der Waals surface area (Å²) in [7, 11) is -0.295. The lowest BCUT2D eigenvalue weighted by Crippen LogP contribution is -2.28. The fourth-order valence-corrected chi connectivity index (χ4v) is 3.45. The van der Waals surface area contributed by atoms with Crippen molar-refractivity contribution in [3.05, 3.63) is 60.0 Å². The van der Waals surface area contributed by atoms with Crippen molar-refractivity contribution in [2.75, 3.05) is 24.2 Å². The van der Waals surface area contributed by atoms with E-state index in [1.54, 1.807) is 50.4 Å². The highest BCUT2D eigenvalue weighted by atomic mass is 32.2. The van der Waals surface area contributed by atoms with Gasteiger partial charge in [-0.15, -0.1) is 0 Å². The molecule has 0 unspecified atom stereocenters. The van der Waals surface area contributed by atoms with Crippen molar-refractivity contribution in [2.24, 2.45) is 0 Å². The highest BCUT2D eigenvalue weighted by Gasteiger charge is 2.16. The summed E-state index contributed by atoms with van der Waals surface area (Å²) in [5.41, 5.74) is 1.63. The largest absolute Gasteiger partial charge is 0.497 e. The maximum atomic E-state index is 12.4. The molecule has 0 saturated carbocycles. The predicted octanol–water partition coefficient (Wildman–Crippen LogP) is 2.46. The molecule has 0 atom stereocenters. The van der Waals surface area contributed by atoms with E-state index in [2.05, 4.69) is 15.5 Å². The van der Waals surface area contributed by atoms with Gasteiger partial charge in [-0.3, -0.25) is 9.10 Å². The normalized spacial score (nSPS) is 11.2. The SMILES string of the molecule is CCS(=O)(=O)N(C)c1ccc(C(=O)NCc2nc(-c3ccc(OC)cc3)no2)cc1. The second-order valence-corrected chi connectivity index (χ2v) is 8.63. The molecule has 0 radical (unpaired) electrons. The molecule has 3 rings (SSSR count). The Labute approximate surface area is 174 Å². The van der Waals surface area contributed by atoms with Gasteiger partial charge < -0.3 is 14.6 Å². The van der Waals surface area contributed by atoms with Crippen molar-refractivity contribution < 1.29 is 22.5 Å². The third-order valence-electron chi connectivity index (χ3n) is 4.49. The van der Waals surface area contributed by atoms with Crippen LogP contribution in [0, 0.1) is 0 Å². The van der Waals surface area contributed by atoms with Gasteiger partial charge in [0.25, 0.3) is 5.91 Å².